The standard InChI is InChI=1S/C21H14Cl2FNO4/c22-16-11-13(2-7-18(16)24)21(28)25-14-3-5-15(6-4-14)29-19-8-1-12(9-17(19)23)10-20(26)27/h1-9,11H,10H2,(H,25,28)(H,26,27). The Labute approximate surface area is 175 Å². The summed E-state index contributed by atoms with van der Waals surface area (Å²) in [6.45, 7) is 0. The number of nitrogens with one attached hydrogen (secondary N) is 1. The molecule has 0 heterocycles. The molecule has 8 heteroatoms. The van der Waals surface area contributed by atoms with Gasteiger partial charge >= 0.3 is 5.97 Å². The summed E-state index contributed by atoms with van der Waals surface area (Å²) >= 11 is 11.8. The van der Waals surface area contributed by atoms with E-state index in [0.717, 1.165) is 6.07 Å². The highest BCUT2D eigenvalue weighted by Gasteiger charge is 2.10. The molecule has 5 nitrogen and oxygen atoms in total. The van der Waals surface area contributed by atoms with E-state index in [1.165, 1.54) is 18.2 Å². The molecule has 3 rings (SSSR count). The summed E-state index contributed by atoms with van der Waals surface area (Å²) in [5.74, 6) is -1.13. The van der Waals surface area contributed by atoms with Gasteiger partial charge in [0.05, 0.1) is 16.5 Å². The van der Waals surface area contributed by atoms with Gasteiger partial charge < -0.3 is 15.2 Å². The quantitative estimate of drug-likeness (QED) is 0.514. The molecule has 0 unspecified atom stereocenters. The molecule has 3 aromatic carbocycles. The minimum atomic E-state index is -0.949. The lowest BCUT2D eigenvalue weighted by Crippen LogP contribution is -2.11. The van der Waals surface area contributed by atoms with Crippen molar-refractivity contribution in [2.75, 3.05) is 5.32 Å². The number of ether oxygens (including phenoxy) is 1. The molecule has 0 aliphatic rings. The van der Waals surface area contributed by atoms with E-state index in [0.29, 0.717) is 22.7 Å². The third kappa shape index (κ3) is 5.47. The van der Waals surface area contributed by atoms with Gasteiger partial charge in [-0.25, -0.2) is 4.39 Å². The number of aliphatic carboxylic acids is 1. The van der Waals surface area contributed by atoms with Gasteiger partial charge in [-0.1, -0.05) is 29.3 Å². The molecule has 0 bridgehead atoms. The minimum absolute atomic E-state index is 0.131. The molecule has 0 spiro atoms. The number of hydrogen-bond donors (Lipinski definition) is 2. The molecule has 29 heavy (non-hydrogen) atoms. The number of carbonyl (C=O) groups is 2. The molecule has 0 aliphatic heterocycles. The maximum atomic E-state index is 13.2. The van der Waals surface area contributed by atoms with Crippen LogP contribution in [0.15, 0.2) is 60.7 Å². The Morgan fingerprint density at radius 1 is 0.966 bits per heavy atom. The second-order valence-electron chi connectivity index (χ2n) is 6.04. The van der Waals surface area contributed by atoms with Crippen molar-refractivity contribution in [3.05, 3.63) is 87.7 Å². The average Bonchev–Trinajstić information content (AvgIpc) is 2.67. The topological polar surface area (TPSA) is 75.6 Å². The van der Waals surface area contributed by atoms with Gasteiger partial charge in [0, 0.05) is 11.3 Å². The fourth-order valence-corrected chi connectivity index (χ4v) is 2.91. The van der Waals surface area contributed by atoms with Crippen LogP contribution in [0.5, 0.6) is 11.5 Å². The molecular weight excluding hydrogens is 420 g/mol. The van der Waals surface area contributed by atoms with Gasteiger partial charge in [-0.3, -0.25) is 9.59 Å². The Morgan fingerprint density at radius 2 is 1.69 bits per heavy atom. The van der Waals surface area contributed by atoms with Crippen molar-refractivity contribution in [1.29, 1.82) is 0 Å². The van der Waals surface area contributed by atoms with Gasteiger partial charge in [-0.2, -0.15) is 0 Å². The fraction of sp³-hybridized carbons (Fsp3) is 0.0476. The number of anilines is 1. The summed E-state index contributed by atoms with van der Waals surface area (Å²) in [6, 6.07) is 15.0. The summed E-state index contributed by atoms with van der Waals surface area (Å²) in [5.41, 5.74) is 1.30. The van der Waals surface area contributed by atoms with Crippen molar-refractivity contribution in [2.45, 2.75) is 6.42 Å². The zero-order chi connectivity index (χ0) is 21.0. The zero-order valence-corrected chi connectivity index (χ0v) is 16.3. The fourth-order valence-electron chi connectivity index (χ4n) is 2.49. The molecular formula is C21H14Cl2FNO4. The summed E-state index contributed by atoms with van der Waals surface area (Å²) in [6.07, 6.45) is -0.131. The molecule has 3 aromatic rings. The van der Waals surface area contributed by atoms with E-state index < -0.39 is 17.7 Å². The minimum Gasteiger partial charge on any atom is -0.481 e. The van der Waals surface area contributed by atoms with Gasteiger partial charge in [0.1, 0.15) is 17.3 Å². The van der Waals surface area contributed by atoms with E-state index in [9.17, 15) is 14.0 Å². The Bertz CT molecular complexity index is 1070. The van der Waals surface area contributed by atoms with Crippen molar-refractivity contribution < 1.29 is 23.8 Å². The van der Waals surface area contributed by atoms with Crippen molar-refractivity contribution in [3.63, 3.8) is 0 Å². The number of hydrogen-bond acceptors (Lipinski definition) is 3. The Hall–Kier alpha value is -3.09. The number of amides is 1. The van der Waals surface area contributed by atoms with Crippen LogP contribution in [-0.2, 0) is 11.2 Å². The normalized spacial score (nSPS) is 10.4. The predicted octanol–water partition coefficient (Wildman–Crippen LogP) is 5.80. The van der Waals surface area contributed by atoms with Crippen LogP contribution in [0.1, 0.15) is 15.9 Å². The number of carboxylic acids is 1. The molecule has 0 atom stereocenters. The lowest BCUT2D eigenvalue weighted by molar-refractivity contribution is -0.136. The van der Waals surface area contributed by atoms with Gasteiger partial charge in [0.2, 0.25) is 0 Å². The number of halogens is 3. The highest BCUT2D eigenvalue weighted by molar-refractivity contribution is 6.32. The number of carboxylic acid groups (broad SMARTS) is 1. The molecule has 0 saturated carbocycles. The first kappa shape index (κ1) is 20.6. The van der Waals surface area contributed by atoms with Crippen LogP contribution in [0.2, 0.25) is 10.0 Å². The highest BCUT2D eigenvalue weighted by atomic mass is 35.5. The highest BCUT2D eigenvalue weighted by Crippen LogP contribution is 2.31. The maximum Gasteiger partial charge on any atom is 0.307 e. The zero-order valence-electron chi connectivity index (χ0n) is 14.8. The van der Waals surface area contributed by atoms with Crippen molar-refractivity contribution >= 4 is 40.8 Å². The van der Waals surface area contributed by atoms with Crippen LogP contribution in [-0.4, -0.2) is 17.0 Å². The molecule has 0 radical (unpaired) electrons. The van der Waals surface area contributed by atoms with Gasteiger partial charge in [-0.15, -0.1) is 0 Å². The molecule has 148 valence electrons. The summed E-state index contributed by atoms with van der Waals surface area (Å²) in [4.78, 5) is 23.0. The first-order valence-electron chi connectivity index (χ1n) is 8.36. The Morgan fingerprint density at radius 3 is 2.31 bits per heavy atom. The number of rotatable bonds is 6. The van der Waals surface area contributed by atoms with E-state index in [4.69, 9.17) is 33.0 Å². The number of benzene rings is 3. The van der Waals surface area contributed by atoms with E-state index in [-0.39, 0.29) is 22.0 Å². The predicted molar refractivity (Wildman–Crippen MR) is 109 cm³/mol. The summed E-state index contributed by atoms with van der Waals surface area (Å²) in [5, 5.41) is 11.7. The van der Waals surface area contributed by atoms with Crippen molar-refractivity contribution in [3.8, 4) is 11.5 Å². The second-order valence-corrected chi connectivity index (χ2v) is 6.86. The molecule has 0 fully saturated rings. The summed E-state index contributed by atoms with van der Waals surface area (Å²) in [7, 11) is 0. The van der Waals surface area contributed by atoms with E-state index in [2.05, 4.69) is 5.32 Å². The van der Waals surface area contributed by atoms with E-state index >= 15 is 0 Å². The van der Waals surface area contributed by atoms with Crippen LogP contribution in [0.25, 0.3) is 0 Å². The smallest absolute Gasteiger partial charge is 0.307 e. The van der Waals surface area contributed by atoms with Crippen LogP contribution in [0.4, 0.5) is 10.1 Å². The molecule has 0 aliphatic carbocycles. The van der Waals surface area contributed by atoms with Crippen LogP contribution in [0, 0.1) is 5.82 Å². The van der Waals surface area contributed by atoms with Gasteiger partial charge in [0.25, 0.3) is 5.91 Å². The van der Waals surface area contributed by atoms with Crippen LogP contribution < -0.4 is 10.1 Å². The molecule has 1 amide bonds. The average molecular weight is 434 g/mol. The maximum absolute atomic E-state index is 13.2. The second kappa shape index (κ2) is 8.94. The first-order chi connectivity index (χ1) is 13.8. The van der Waals surface area contributed by atoms with Crippen LogP contribution >= 0.6 is 23.2 Å². The van der Waals surface area contributed by atoms with Gasteiger partial charge in [0.15, 0.2) is 0 Å². The lowest BCUT2D eigenvalue weighted by Gasteiger charge is -2.10. The molecule has 0 saturated heterocycles. The Balaban J connectivity index is 1.66. The van der Waals surface area contributed by atoms with E-state index in [1.54, 1.807) is 36.4 Å². The van der Waals surface area contributed by atoms with Gasteiger partial charge in [-0.05, 0) is 60.2 Å². The molecule has 2 N–H and O–H groups in total. The monoisotopic (exact) mass is 433 g/mol. The molecule has 0 aromatic heterocycles. The third-order valence-electron chi connectivity index (χ3n) is 3.87. The van der Waals surface area contributed by atoms with Crippen molar-refractivity contribution in [2.24, 2.45) is 0 Å². The number of carbonyl (C=O) groups excluding carboxylic acids is 1. The summed E-state index contributed by atoms with van der Waals surface area (Å²) < 4.78 is 18.9. The largest absolute Gasteiger partial charge is 0.481 e. The Kier molecular flexibility index (Phi) is 6.36. The lowest BCUT2D eigenvalue weighted by atomic mass is 10.1. The SMILES string of the molecule is O=C(O)Cc1ccc(Oc2ccc(NC(=O)c3ccc(F)c(Cl)c3)cc2)c(Cl)c1. The van der Waals surface area contributed by atoms with Crippen molar-refractivity contribution in [1.82, 2.24) is 0 Å². The van der Waals surface area contributed by atoms with Crippen LogP contribution in [0.3, 0.4) is 0 Å². The van der Waals surface area contributed by atoms with E-state index in [1.807, 2.05) is 0 Å². The first-order valence-corrected chi connectivity index (χ1v) is 9.12. The third-order valence-corrected chi connectivity index (χ3v) is 4.46.